The SMILES string of the molecule is OC1[C@H](O)C2CC[C@H]1[C@H]2O. The molecule has 0 radical (unpaired) electrons. The Kier molecular flexibility index (Phi) is 1.27. The topological polar surface area (TPSA) is 60.7 Å². The smallest absolute Gasteiger partial charge is 0.0855 e. The van der Waals surface area contributed by atoms with Gasteiger partial charge in [-0.2, -0.15) is 0 Å². The third kappa shape index (κ3) is 0.603. The second kappa shape index (κ2) is 1.94. The van der Waals surface area contributed by atoms with Gasteiger partial charge in [0.2, 0.25) is 0 Å². The molecule has 0 spiro atoms. The Morgan fingerprint density at radius 1 is 0.700 bits per heavy atom. The van der Waals surface area contributed by atoms with Crippen LogP contribution in [0.15, 0.2) is 0 Å². The molecule has 0 aromatic carbocycles. The molecular formula is C7H12O3. The average molecular weight is 144 g/mol. The summed E-state index contributed by atoms with van der Waals surface area (Å²) in [6.07, 6.45) is -0.0683. The lowest BCUT2D eigenvalue weighted by atomic mass is 9.95. The van der Waals surface area contributed by atoms with Crippen LogP contribution >= 0.6 is 0 Å². The van der Waals surface area contributed by atoms with E-state index in [1.54, 1.807) is 0 Å². The van der Waals surface area contributed by atoms with Crippen molar-refractivity contribution >= 4 is 0 Å². The first-order valence-corrected chi connectivity index (χ1v) is 3.76. The van der Waals surface area contributed by atoms with Crippen molar-refractivity contribution in [3.05, 3.63) is 0 Å². The van der Waals surface area contributed by atoms with E-state index in [0.717, 1.165) is 12.8 Å². The van der Waals surface area contributed by atoms with E-state index in [4.69, 9.17) is 0 Å². The maximum Gasteiger partial charge on any atom is 0.0855 e. The molecule has 2 rings (SSSR count). The average Bonchev–Trinajstić information content (AvgIpc) is 2.34. The zero-order chi connectivity index (χ0) is 7.30. The van der Waals surface area contributed by atoms with Crippen molar-refractivity contribution in [1.29, 1.82) is 0 Å². The maximum atomic E-state index is 9.35. The van der Waals surface area contributed by atoms with Gasteiger partial charge in [-0.3, -0.25) is 0 Å². The van der Waals surface area contributed by atoms with Crippen LogP contribution in [0.2, 0.25) is 0 Å². The molecule has 0 aromatic rings. The molecule has 2 aliphatic rings. The van der Waals surface area contributed by atoms with Crippen LogP contribution in [0.1, 0.15) is 12.8 Å². The molecular weight excluding hydrogens is 132 g/mol. The second-order valence-electron chi connectivity index (χ2n) is 3.38. The van der Waals surface area contributed by atoms with Crippen molar-refractivity contribution in [1.82, 2.24) is 0 Å². The van der Waals surface area contributed by atoms with E-state index in [2.05, 4.69) is 0 Å². The van der Waals surface area contributed by atoms with Crippen molar-refractivity contribution < 1.29 is 15.3 Å². The summed E-state index contributed by atoms with van der Waals surface area (Å²) >= 11 is 0. The highest BCUT2D eigenvalue weighted by molar-refractivity contribution is 5.02. The minimum absolute atomic E-state index is 0.0556. The molecule has 58 valence electrons. The normalized spacial score (nSPS) is 59.7. The molecule has 2 aliphatic carbocycles. The number of rotatable bonds is 0. The van der Waals surface area contributed by atoms with E-state index in [0.29, 0.717) is 0 Å². The maximum absolute atomic E-state index is 9.35. The van der Waals surface area contributed by atoms with E-state index in [1.165, 1.54) is 0 Å². The number of fused-ring (bicyclic) bond motifs is 2. The van der Waals surface area contributed by atoms with Crippen molar-refractivity contribution in [2.45, 2.75) is 31.2 Å². The molecule has 5 atom stereocenters. The third-order valence-corrected chi connectivity index (χ3v) is 2.94. The minimum Gasteiger partial charge on any atom is -0.392 e. The highest BCUT2D eigenvalue weighted by Crippen LogP contribution is 2.44. The van der Waals surface area contributed by atoms with Crippen LogP contribution in [-0.2, 0) is 0 Å². The Labute approximate surface area is 59.3 Å². The summed E-state index contributed by atoms with van der Waals surface area (Å²) in [6.45, 7) is 0. The molecule has 0 saturated heterocycles. The lowest BCUT2D eigenvalue weighted by molar-refractivity contribution is -0.0160. The van der Waals surface area contributed by atoms with Gasteiger partial charge in [0.15, 0.2) is 0 Å². The monoisotopic (exact) mass is 144 g/mol. The summed E-state index contributed by atoms with van der Waals surface area (Å²) in [5, 5.41) is 27.8. The van der Waals surface area contributed by atoms with E-state index in [9.17, 15) is 15.3 Å². The Morgan fingerprint density at radius 2 is 1.10 bits per heavy atom. The highest BCUT2D eigenvalue weighted by atomic mass is 16.3. The van der Waals surface area contributed by atoms with E-state index in [-0.39, 0.29) is 11.8 Å². The van der Waals surface area contributed by atoms with Crippen LogP contribution < -0.4 is 0 Å². The third-order valence-electron chi connectivity index (χ3n) is 2.94. The lowest BCUT2D eigenvalue weighted by Gasteiger charge is -2.20. The molecule has 0 aromatic heterocycles. The molecule has 0 heterocycles. The standard InChI is InChI=1S/C7H12O3/c8-5-3-1-2-4(5)7(10)6(3)9/h3-10H,1-2H2/t3-,4?,5+,6?,7+/m0/s1. The van der Waals surface area contributed by atoms with Gasteiger partial charge in [-0.25, -0.2) is 0 Å². The fraction of sp³-hybridized carbons (Fsp3) is 1.00. The van der Waals surface area contributed by atoms with Crippen LogP contribution in [-0.4, -0.2) is 33.6 Å². The molecule has 0 aliphatic heterocycles. The quantitative estimate of drug-likeness (QED) is 0.413. The van der Waals surface area contributed by atoms with Crippen LogP contribution in [0.25, 0.3) is 0 Å². The van der Waals surface area contributed by atoms with Gasteiger partial charge in [0, 0.05) is 11.8 Å². The Morgan fingerprint density at radius 3 is 1.30 bits per heavy atom. The zero-order valence-electron chi connectivity index (χ0n) is 5.64. The molecule has 2 saturated carbocycles. The van der Waals surface area contributed by atoms with Crippen molar-refractivity contribution in [3.8, 4) is 0 Å². The Hall–Kier alpha value is -0.120. The van der Waals surface area contributed by atoms with Gasteiger partial charge < -0.3 is 15.3 Å². The van der Waals surface area contributed by atoms with Gasteiger partial charge in [0.1, 0.15) is 0 Å². The highest BCUT2D eigenvalue weighted by Gasteiger charge is 2.52. The molecule has 2 fully saturated rings. The van der Waals surface area contributed by atoms with Crippen LogP contribution in [0.3, 0.4) is 0 Å². The van der Waals surface area contributed by atoms with E-state index < -0.39 is 18.3 Å². The van der Waals surface area contributed by atoms with E-state index in [1.807, 2.05) is 0 Å². The van der Waals surface area contributed by atoms with Gasteiger partial charge in [0.25, 0.3) is 0 Å². The predicted octanol–water partition coefficient (Wildman–Crippen LogP) is -0.891. The largest absolute Gasteiger partial charge is 0.392 e. The molecule has 2 bridgehead atoms. The summed E-state index contributed by atoms with van der Waals surface area (Å²) in [6, 6.07) is 0. The summed E-state index contributed by atoms with van der Waals surface area (Å²) < 4.78 is 0. The molecule has 0 amide bonds. The summed E-state index contributed by atoms with van der Waals surface area (Å²) in [7, 11) is 0. The number of aliphatic hydroxyl groups is 3. The van der Waals surface area contributed by atoms with Crippen LogP contribution in [0.4, 0.5) is 0 Å². The lowest BCUT2D eigenvalue weighted by Crippen LogP contribution is -2.31. The Bertz CT molecular complexity index is 124. The van der Waals surface area contributed by atoms with Gasteiger partial charge >= 0.3 is 0 Å². The van der Waals surface area contributed by atoms with Gasteiger partial charge in [-0.1, -0.05) is 0 Å². The number of aliphatic hydroxyl groups excluding tert-OH is 3. The van der Waals surface area contributed by atoms with Crippen molar-refractivity contribution in [2.75, 3.05) is 0 Å². The van der Waals surface area contributed by atoms with Crippen LogP contribution in [0, 0.1) is 11.8 Å². The molecule has 3 N–H and O–H groups in total. The van der Waals surface area contributed by atoms with Gasteiger partial charge in [0.05, 0.1) is 18.3 Å². The summed E-state index contributed by atoms with van der Waals surface area (Å²) in [5.41, 5.74) is 0. The number of hydrogen-bond acceptors (Lipinski definition) is 3. The molecule has 10 heavy (non-hydrogen) atoms. The minimum atomic E-state index is -0.672. The first-order chi connectivity index (χ1) is 4.72. The molecule has 2 unspecified atom stereocenters. The van der Waals surface area contributed by atoms with Crippen LogP contribution in [0.5, 0.6) is 0 Å². The zero-order valence-corrected chi connectivity index (χ0v) is 5.64. The summed E-state index contributed by atoms with van der Waals surface area (Å²) in [4.78, 5) is 0. The Balaban J connectivity index is 2.21. The summed E-state index contributed by atoms with van der Waals surface area (Å²) in [5.74, 6) is -0.111. The van der Waals surface area contributed by atoms with E-state index >= 15 is 0 Å². The first kappa shape index (κ1) is 6.58. The predicted molar refractivity (Wildman–Crippen MR) is 34.2 cm³/mol. The fourth-order valence-corrected chi connectivity index (χ4v) is 2.30. The second-order valence-corrected chi connectivity index (χ2v) is 3.38. The van der Waals surface area contributed by atoms with Gasteiger partial charge in [-0.15, -0.1) is 0 Å². The number of hydrogen-bond donors (Lipinski definition) is 3. The fourth-order valence-electron chi connectivity index (χ4n) is 2.30. The van der Waals surface area contributed by atoms with Crippen molar-refractivity contribution in [2.24, 2.45) is 11.8 Å². The van der Waals surface area contributed by atoms with Gasteiger partial charge in [-0.05, 0) is 12.8 Å². The molecule has 3 heteroatoms. The van der Waals surface area contributed by atoms with Crippen molar-refractivity contribution in [3.63, 3.8) is 0 Å². The first-order valence-electron chi connectivity index (χ1n) is 3.76. The molecule has 3 nitrogen and oxygen atoms in total.